The van der Waals surface area contributed by atoms with Gasteiger partial charge in [-0.1, -0.05) is 35.0 Å². The van der Waals surface area contributed by atoms with E-state index in [1.54, 1.807) is 6.33 Å². The van der Waals surface area contributed by atoms with Crippen molar-refractivity contribution in [3.63, 3.8) is 0 Å². The predicted octanol–water partition coefficient (Wildman–Crippen LogP) is 2.92. The summed E-state index contributed by atoms with van der Waals surface area (Å²) in [5.41, 5.74) is 1.32. The second-order valence-corrected chi connectivity index (χ2v) is 4.93. The SMILES string of the molecule is C[C@H](Cc1nncn1C)c1cccc(Br)c1. The lowest BCUT2D eigenvalue weighted by Gasteiger charge is -2.11. The number of rotatable bonds is 3. The lowest BCUT2D eigenvalue weighted by atomic mass is 9.98. The van der Waals surface area contributed by atoms with Crippen molar-refractivity contribution in [3.8, 4) is 0 Å². The van der Waals surface area contributed by atoms with Gasteiger partial charge in [-0.3, -0.25) is 0 Å². The van der Waals surface area contributed by atoms with Crippen LogP contribution in [0, 0.1) is 0 Å². The maximum atomic E-state index is 4.10. The third-order valence-corrected chi connectivity index (χ3v) is 3.20. The normalized spacial score (nSPS) is 12.7. The molecule has 0 spiro atoms. The molecule has 0 N–H and O–H groups in total. The van der Waals surface area contributed by atoms with E-state index in [1.807, 2.05) is 17.7 Å². The van der Waals surface area contributed by atoms with Crippen LogP contribution in [0.5, 0.6) is 0 Å². The number of aryl methyl sites for hydroxylation is 1. The lowest BCUT2D eigenvalue weighted by molar-refractivity contribution is 0.681. The molecule has 4 heteroatoms. The van der Waals surface area contributed by atoms with Gasteiger partial charge in [-0.15, -0.1) is 10.2 Å². The van der Waals surface area contributed by atoms with Gasteiger partial charge in [0.25, 0.3) is 0 Å². The molecule has 2 aromatic rings. The summed E-state index contributed by atoms with van der Waals surface area (Å²) >= 11 is 3.49. The van der Waals surface area contributed by atoms with Crippen LogP contribution in [-0.4, -0.2) is 14.8 Å². The average Bonchev–Trinajstić information content (AvgIpc) is 2.64. The van der Waals surface area contributed by atoms with E-state index in [1.165, 1.54) is 5.56 Å². The summed E-state index contributed by atoms with van der Waals surface area (Å²) in [6.45, 7) is 2.20. The molecule has 0 aliphatic rings. The standard InChI is InChI=1S/C12H14BrN3/c1-9(6-12-15-14-8-16(12)2)10-4-3-5-11(13)7-10/h3-5,7-9H,6H2,1-2H3/t9-/m1/s1. The van der Waals surface area contributed by atoms with Crippen LogP contribution in [0.2, 0.25) is 0 Å². The summed E-state index contributed by atoms with van der Waals surface area (Å²) < 4.78 is 3.09. The minimum absolute atomic E-state index is 0.445. The average molecular weight is 280 g/mol. The Balaban J connectivity index is 2.14. The molecule has 2 rings (SSSR count). The van der Waals surface area contributed by atoms with Gasteiger partial charge >= 0.3 is 0 Å². The highest BCUT2D eigenvalue weighted by molar-refractivity contribution is 9.10. The van der Waals surface area contributed by atoms with Crippen LogP contribution in [-0.2, 0) is 13.5 Å². The van der Waals surface area contributed by atoms with Crippen LogP contribution < -0.4 is 0 Å². The van der Waals surface area contributed by atoms with E-state index < -0.39 is 0 Å². The van der Waals surface area contributed by atoms with Crippen molar-refractivity contribution in [3.05, 3.63) is 46.5 Å². The van der Waals surface area contributed by atoms with E-state index in [-0.39, 0.29) is 0 Å². The molecule has 0 aliphatic heterocycles. The van der Waals surface area contributed by atoms with Crippen molar-refractivity contribution >= 4 is 15.9 Å². The van der Waals surface area contributed by atoms with E-state index in [2.05, 4.69) is 51.3 Å². The number of hydrogen-bond acceptors (Lipinski definition) is 2. The second-order valence-electron chi connectivity index (χ2n) is 4.02. The molecule has 1 atom stereocenters. The third-order valence-electron chi connectivity index (χ3n) is 2.71. The molecule has 84 valence electrons. The smallest absolute Gasteiger partial charge is 0.133 e. The number of aromatic nitrogens is 3. The van der Waals surface area contributed by atoms with E-state index in [0.717, 1.165) is 16.7 Å². The molecule has 0 aliphatic carbocycles. The zero-order chi connectivity index (χ0) is 11.5. The zero-order valence-electron chi connectivity index (χ0n) is 9.39. The van der Waals surface area contributed by atoms with Crippen molar-refractivity contribution < 1.29 is 0 Å². The van der Waals surface area contributed by atoms with Gasteiger partial charge < -0.3 is 4.57 Å². The minimum atomic E-state index is 0.445. The summed E-state index contributed by atoms with van der Waals surface area (Å²) in [6, 6.07) is 8.40. The summed E-state index contributed by atoms with van der Waals surface area (Å²) in [7, 11) is 1.98. The van der Waals surface area contributed by atoms with E-state index in [4.69, 9.17) is 0 Å². The maximum Gasteiger partial charge on any atom is 0.133 e. The van der Waals surface area contributed by atoms with Crippen LogP contribution in [0.1, 0.15) is 24.2 Å². The van der Waals surface area contributed by atoms with E-state index >= 15 is 0 Å². The highest BCUT2D eigenvalue weighted by Gasteiger charge is 2.10. The van der Waals surface area contributed by atoms with Crippen LogP contribution in [0.25, 0.3) is 0 Å². The molecule has 16 heavy (non-hydrogen) atoms. The van der Waals surface area contributed by atoms with Crippen LogP contribution in [0.3, 0.4) is 0 Å². The van der Waals surface area contributed by atoms with Crippen molar-refractivity contribution in [2.75, 3.05) is 0 Å². The predicted molar refractivity (Wildman–Crippen MR) is 67.3 cm³/mol. The Labute approximate surface area is 104 Å². The van der Waals surface area contributed by atoms with E-state index in [9.17, 15) is 0 Å². The largest absolute Gasteiger partial charge is 0.321 e. The first kappa shape index (κ1) is 11.3. The van der Waals surface area contributed by atoms with Gasteiger partial charge in [0, 0.05) is 17.9 Å². The molecule has 0 saturated carbocycles. The Morgan fingerprint density at radius 1 is 1.44 bits per heavy atom. The fraction of sp³-hybridized carbons (Fsp3) is 0.333. The van der Waals surface area contributed by atoms with E-state index in [0.29, 0.717) is 5.92 Å². The number of benzene rings is 1. The minimum Gasteiger partial charge on any atom is -0.321 e. The van der Waals surface area contributed by atoms with Crippen molar-refractivity contribution in [2.45, 2.75) is 19.3 Å². The van der Waals surface area contributed by atoms with Gasteiger partial charge in [0.05, 0.1) is 0 Å². The first-order valence-corrected chi connectivity index (χ1v) is 6.04. The third kappa shape index (κ3) is 2.50. The summed E-state index contributed by atoms with van der Waals surface area (Å²) in [4.78, 5) is 0. The summed E-state index contributed by atoms with van der Waals surface area (Å²) in [6.07, 6.45) is 2.65. The molecule has 0 fully saturated rings. The van der Waals surface area contributed by atoms with Crippen molar-refractivity contribution in [1.29, 1.82) is 0 Å². The molecular formula is C12H14BrN3. The van der Waals surface area contributed by atoms with Crippen LogP contribution in [0.4, 0.5) is 0 Å². The molecule has 0 bridgehead atoms. The molecule has 0 radical (unpaired) electrons. The van der Waals surface area contributed by atoms with Gasteiger partial charge in [0.1, 0.15) is 12.2 Å². The Hall–Kier alpha value is -1.16. The Morgan fingerprint density at radius 2 is 2.25 bits per heavy atom. The number of halogens is 1. The van der Waals surface area contributed by atoms with Gasteiger partial charge in [0.2, 0.25) is 0 Å². The first-order valence-electron chi connectivity index (χ1n) is 5.25. The van der Waals surface area contributed by atoms with Crippen molar-refractivity contribution in [2.24, 2.45) is 7.05 Å². The maximum absolute atomic E-state index is 4.10. The topological polar surface area (TPSA) is 30.7 Å². The summed E-state index contributed by atoms with van der Waals surface area (Å²) in [5, 5.41) is 7.99. The van der Waals surface area contributed by atoms with Gasteiger partial charge in [0.15, 0.2) is 0 Å². The monoisotopic (exact) mass is 279 g/mol. The Bertz CT molecular complexity index is 479. The van der Waals surface area contributed by atoms with Crippen LogP contribution >= 0.6 is 15.9 Å². The molecule has 1 aromatic heterocycles. The highest BCUT2D eigenvalue weighted by atomic mass is 79.9. The van der Waals surface area contributed by atoms with Gasteiger partial charge in [-0.2, -0.15) is 0 Å². The molecule has 1 heterocycles. The molecular weight excluding hydrogens is 266 g/mol. The first-order chi connectivity index (χ1) is 7.66. The highest BCUT2D eigenvalue weighted by Crippen LogP contribution is 2.22. The zero-order valence-corrected chi connectivity index (χ0v) is 11.0. The summed E-state index contributed by atoms with van der Waals surface area (Å²) in [5.74, 6) is 1.47. The molecule has 3 nitrogen and oxygen atoms in total. The fourth-order valence-corrected chi connectivity index (χ4v) is 2.11. The quantitative estimate of drug-likeness (QED) is 0.865. The van der Waals surface area contributed by atoms with Crippen LogP contribution in [0.15, 0.2) is 35.1 Å². The fourth-order valence-electron chi connectivity index (χ4n) is 1.70. The Morgan fingerprint density at radius 3 is 2.88 bits per heavy atom. The second kappa shape index (κ2) is 4.78. The number of nitrogens with zero attached hydrogens (tertiary/aromatic N) is 3. The molecule has 0 saturated heterocycles. The van der Waals surface area contributed by atoms with Gasteiger partial charge in [-0.05, 0) is 23.6 Å². The molecule has 0 unspecified atom stereocenters. The molecule has 1 aromatic carbocycles. The number of hydrogen-bond donors (Lipinski definition) is 0. The van der Waals surface area contributed by atoms with Gasteiger partial charge in [-0.25, -0.2) is 0 Å². The lowest BCUT2D eigenvalue weighted by Crippen LogP contribution is -2.04. The Kier molecular flexibility index (Phi) is 3.39. The molecule has 0 amide bonds. The van der Waals surface area contributed by atoms with Crippen molar-refractivity contribution in [1.82, 2.24) is 14.8 Å².